The van der Waals surface area contributed by atoms with Crippen LogP contribution in [-0.4, -0.2) is 65.6 Å². The van der Waals surface area contributed by atoms with E-state index in [9.17, 15) is 23.1 Å². The van der Waals surface area contributed by atoms with Gasteiger partial charge < -0.3 is 14.4 Å². The van der Waals surface area contributed by atoms with Gasteiger partial charge in [-0.25, -0.2) is 13.4 Å². The molecule has 0 aliphatic rings. The van der Waals surface area contributed by atoms with E-state index < -0.39 is 22.0 Å². The van der Waals surface area contributed by atoms with E-state index in [2.05, 4.69) is 4.98 Å². The van der Waals surface area contributed by atoms with Gasteiger partial charge in [0.05, 0.1) is 23.2 Å². The molecule has 0 radical (unpaired) electrons. The average Bonchev–Trinajstić information content (AvgIpc) is 3.47. The van der Waals surface area contributed by atoms with Crippen molar-refractivity contribution in [2.75, 3.05) is 20.1 Å². The van der Waals surface area contributed by atoms with Gasteiger partial charge in [0.15, 0.2) is 5.78 Å². The first-order valence-corrected chi connectivity index (χ1v) is 17.4. The van der Waals surface area contributed by atoms with Crippen molar-refractivity contribution < 1.29 is 27.5 Å². The zero-order valence-electron chi connectivity index (χ0n) is 27.8. The Morgan fingerprint density at radius 2 is 1.60 bits per heavy atom. The Bertz CT molecular complexity index is 1740. The molecule has 10 heteroatoms. The van der Waals surface area contributed by atoms with E-state index in [0.717, 1.165) is 23.2 Å². The molecule has 1 N–H and O–H groups in total. The van der Waals surface area contributed by atoms with Gasteiger partial charge in [-0.15, -0.1) is 0 Å². The lowest BCUT2D eigenvalue weighted by atomic mass is 9.87. The van der Waals surface area contributed by atoms with E-state index in [1.165, 1.54) is 15.5 Å². The molecule has 9 nitrogen and oxygen atoms in total. The van der Waals surface area contributed by atoms with Crippen molar-refractivity contribution >= 4 is 21.7 Å². The molecule has 3 aromatic carbocycles. The molecule has 1 aromatic heterocycles. The Hall–Kier alpha value is -4.12. The normalized spacial score (nSPS) is 13.1. The molecule has 250 valence electrons. The zero-order valence-corrected chi connectivity index (χ0v) is 28.6. The van der Waals surface area contributed by atoms with Crippen LogP contribution in [0.4, 0.5) is 0 Å². The number of aliphatic hydroxyl groups excluding tert-OH is 1. The van der Waals surface area contributed by atoms with Crippen LogP contribution in [0.15, 0.2) is 94.4 Å². The number of aliphatic hydroxyl groups is 1. The molecule has 1 amide bonds. The summed E-state index contributed by atoms with van der Waals surface area (Å²) in [7, 11) is -2.28. The molecule has 0 saturated heterocycles. The van der Waals surface area contributed by atoms with Crippen molar-refractivity contribution in [2.45, 2.75) is 64.5 Å². The second kappa shape index (κ2) is 16.1. The lowest BCUT2D eigenvalue weighted by Crippen LogP contribution is -2.43. The van der Waals surface area contributed by atoms with Crippen LogP contribution in [0.5, 0.6) is 0 Å². The molecular formula is C37H45N3O6S. The number of sulfonamides is 1. The van der Waals surface area contributed by atoms with E-state index in [-0.39, 0.29) is 48.6 Å². The molecule has 0 saturated carbocycles. The molecule has 0 unspecified atom stereocenters. The number of Topliss-reactive ketones (excluding diaryl/α,β-unsaturated/α-hetero) is 1. The number of aromatic nitrogens is 1. The molecule has 1 heterocycles. The monoisotopic (exact) mass is 659 g/mol. The van der Waals surface area contributed by atoms with Gasteiger partial charge in [-0.3, -0.25) is 9.59 Å². The third-order valence-corrected chi connectivity index (χ3v) is 9.92. The molecule has 4 rings (SSSR count). The second-order valence-electron chi connectivity index (χ2n) is 12.5. The average molecular weight is 660 g/mol. The molecule has 2 atom stereocenters. The van der Waals surface area contributed by atoms with Crippen molar-refractivity contribution in [1.29, 1.82) is 0 Å². The van der Waals surface area contributed by atoms with Crippen molar-refractivity contribution in [1.82, 2.24) is 14.2 Å². The zero-order chi connectivity index (χ0) is 34.1. The molecule has 4 aromatic rings. The fraction of sp³-hybridized carbons (Fsp3) is 0.378. The number of nitrogens with zero attached hydrogens (tertiary/aromatic N) is 3. The number of hydrogen-bond donors (Lipinski definition) is 1. The third kappa shape index (κ3) is 9.70. The smallest absolute Gasteiger partial charge is 0.254 e. The summed E-state index contributed by atoms with van der Waals surface area (Å²) in [5.74, 6) is -0.716. The highest BCUT2D eigenvalue weighted by Gasteiger charge is 2.32. The number of rotatable bonds is 16. The van der Waals surface area contributed by atoms with Gasteiger partial charge in [-0.2, -0.15) is 4.31 Å². The fourth-order valence-corrected chi connectivity index (χ4v) is 7.12. The Balaban J connectivity index is 1.56. The summed E-state index contributed by atoms with van der Waals surface area (Å²) in [6, 6.07) is 22.9. The number of amides is 1. The lowest BCUT2D eigenvalue weighted by Gasteiger charge is -2.30. The molecule has 47 heavy (non-hydrogen) atoms. The van der Waals surface area contributed by atoms with Crippen LogP contribution in [-0.2, 0) is 29.4 Å². The number of benzene rings is 3. The van der Waals surface area contributed by atoms with Gasteiger partial charge in [0.1, 0.15) is 6.26 Å². The van der Waals surface area contributed by atoms with Gasteiger partial charge in [-0.05, 0) is 67.0 Å². The van der Waals surface area contributed by atoms with Gasteiger partial charge in [0.2, 0.25) is 15.9 Å². The number of aryl methyl sites for hydroxylation is 2. The van der Waals surface area contributed by atoms with Crippen LogP contribution in [0, 0.1) is 18.8 Å². The molecular weight excluding hydrogens is 614 g/mol. The summed E-state index contributed by atoms with van der Waals surface area (Å²) >= 11 is 0. The quantitative estimate of drug-likeness (QED) is 0.147. The molecule has 0 aliphatic carbocycles. The van der Waals surface area contributed by atoms with Gasteiger partial charge in [-0.1, -0.05) is 75.4 Å². The number of ketones is 1. The first kappa shape index (κ1) is 35.7. The molecule has 0 spiro atoms. The standard InChI is InChI=1S/C37H45N3O6S/c1-6-28-15-17-33(18-16-28)47(44,45)40(22-26(2)3)23-35(42)32(19-29-11-8-7-9-12-29)21-34(41)30-13-10-14-31(20-30)37(43)39(5)24-36-38-27(4)25-46-36/h7-18,20,25-26,32,35,42H,6,19,21-24H2,1-5H3/t32-,35-/m1/s1. The highest BCUT2D eigenvalue weighted by atomic mass is 32.2. The first-order chi connectivity index (χ1) is 22.4. The maximum Gasteiger partial charge on any atom is 0.254 e. The van der Waals surface area contributed by atoms with Crippen molar-refractivity contribution in [2.24, 2.45) is 11.8 Å². The molecule has 0 fully saturated rings. The van der Waals surface area contributed by atoms with Crippen LogP contribution in [0.1, 0.15) is 70.6 Å². The predicted molar refractivity (Wildman–Crippen MR) is 181 cm³/mol. The summed E-state index contributed by atoms with van der Waals surface area (Å²) in [6.07, 6.45) is 1.50. The molecule has 0 bridgehead atoms. The maximum atomic E-state index is 13.8. The third-order valence-electron chi connectivity index (χ3n) is 8.08. The van der Waals surface area contributed by atoms with Crippen molar-refractivity contribution in [3.63, 3.8) is 0 Å². The highest BCUT2D eigenvalue weighted by molar-refractivity contribution is 7.89. The van der Waals surface area contributed by atoms with Crippen LogP contribution in [0.3, 0.4) is 0 Å². The number of carbonyl (C=O) groups is 2. The predicted octanol–water partition coefficient (Wildman–Crippen LogP) is 5.96. The fourth-order valence-electron chi connectivity index (χ4n) is 5.50. The Labute approximate surface area is 278 Å². The minimum atomic E-state index is -3.91. The van der Waals surface area contributed by atoms with Crippen LogP contribution in [0.2, 0.25) is 0 Å². The van der Waals surface area contributed by atoms with Gasteiger partial charge >= 0.3 is 0 Å². The van der Waals surface area contributed by atoms with Crippen LogP contribution in [0.25, 0.3) is 0 Å². The largest absolute Gasteiger partial charge is 0.447 e. The summed E-state index contributed by atoms with van der Waals surface area (Å²) in [6.45, 7) is 7.89. The van der Waals surface area contributed by atoms with Gasteiger partial charge in [0.25, 0.3) is 5.91 Å². The van der Waals surface area contributed by atoms with E-state index in [4.69, 9.17) is 4.42 Å². The Kier molecular flexibility index (Phi) is 12.3. The molecule has 0 aliphatic heterocycles. The van der Waals surface area contributed by atoms with E-state index >= 15 is 0 Å². The van der Waals surface area contributed by atoms with E-state index in [1.807, 2.05) is 51.1 Å². The summed E-state index contributed by atoms with van der Waals surface area (Å²) in [5, 5.41) is 11.7. The number of hydrogen-bond acceptors (Lipinski definition) is 7. The SMILES string of the molecule is CCc1ccc(S(=O)(=O)N(CC(C)C)C[C@@H](O)[C@@H](CC(=O)c2cccc(C(=O)N(C)Cc3nc(C)co3)c2)Cc2ccccc2)cc1. The Morgan fingerprint density at radius 3 is 2.21 bits per heavy atom. The minimum Gasteiger partial charge on any atom is -0.447 e. The highest BCUT2D eigenvalue weighted by Crippen LogP contribution is 2.25. The van der Waals surface area contributed by atoms with E-state index in [0.29, 0.717) is 23.4 Å². The summed E-state index contributed by atoms with van der Waals surface area (Å²) < 4.78 is 34.3. The number of oxazole rings is 1. The van der Waals surface area contributed by atoms with Crippen molar-refractivity contribution in [3.05, 3.63) is 119 Å². The van der Waals surface area contributed by atoms with Crippen molar-refractivity contribution in [3.8, 4) is 0 Å². The minimum absolute atomic E-state index is 0.00657. The lowest BCUT2D eigenvalue weighted by molar-refractivity contribution is 0.0689. The second-order valence-corrected chi connectivity index (χ2v) is 14.4. The summed E-state index contributed by atoms with van der Waals surface area (Å²) in [5.41, 5.74) is 3.35. The van der Waals surface area contributed by atoms with Gasteiger partial charge in [0, 0.05) is 37.7 Å². The maximum absolute atomic E-state index is 13.8. The number of carbonyl (C=O) groups excluding carboxylic acids is 2. The first-order valence-electron chi connectivity index (χ1n) is 16.0. The topological polar surface area (TPSA) is 121 Å². The Morgan fingerprint density at radius 1 is 0.915 bits per heavy atom. The van der Waals surface area contributed by atoms with Crippen LogP contribution >= 0.6 is 0 Å². The van der Waals surface area contributed by atoms with Crippen LogP contribution < -0.4 is 0 Å². The summed E-state index contributed by atoms with van der Waals surface area (Å²) in [4.78, 5) is 32.8. The van der Waals surface area contributed by atoms with E-state index in [1.54, 1.807) is 62.5 Å².